The van der Waals surface area contributed by atoms with E-state index in [9.17, 15) is 0 Å². The molecule has 2 rings (SSSR count). The minimum absolute atomic E-state index is 0.658. The van der Waals surface area contributed by atoms with Crippen LogP contribution in [0, 0.1) is 0 Å². The van der Waals surface area contributed by atoms with Crippen LogP contribution in [0.3, 0.4) is 0 Å². The summed E-state index contributed by atoms with van der Waals surface area (Å²) in [5.74, 6) is 0.776. The highest BCUT2D eigenvalue weighted by atomic mass is 35.5. The van der Waals surface area contributed by atoms with E-state index < -0.39 is 0 Å². The Bertz CT molecular complexity index is 553. The van der Waals surface area contributed by atoms with Gasteiger partial charge in [0.05, 0.1) is 16.6 Å². The van der Waals surface area contributed by atoms with E-state index in [-0.39, 0.29) is 0 Å². The molecule has 0 amide bonds. The molecule has 106 valence electrons. The lowest BCUT2D eigenvalue weighted by atomic mass is 10.3. The van der Waals surface area contributed by atoms with Crippen molar-refractivity contribution in [1.82, 2.24) is 15.6 Å². The minimum atomic E-state index is 0.658. The lowest BCUT2D eigenvalue weighted by Crippen LogP contribution is -2.37. The molecular weight excluding hydrogens is 292 g/mol. The van der Waals surface area contributed by atoms with E-state index in [1.165, 1.54) is 4.88 Å². The molecule has 2 N–H and O–H groups in total. The van der Waals surface area contributed by atoms with Crippen molar-refractivity contribution in [3.05, 3.63) is 51.4 Å². The van der Waals surface area contributed by atoms with Crippen molar-refractivity contribution in [2.24, 2.45) is 4.99 Å². The van der Waals surface area contributed by atoms with E-state index in [2.05, 4.69) is 26.7 Å². The van der Waals surface area contributed by atoms with Crippen LogP contribution in [0.5, 0.6) is 0 Å². The van der Waals surface area contributed by atoms with Crippen molar-refractivity contribution in [3.63, 3.8) is 0 Å². The van der Waals surface area contributed by atoms with Crippen LogP contribution in [-0.2, 0) is 13.0 Å². The van der Waals surface area contributed by atoms with Crippen LogP contribution in [0.15, 0.2) is 41.5 Å². The number of aromatic nitrogens is 1. The fraction of sp³-hybridized carbons (Fsp3) is 0.286. The van der Waals surface area contributed by atoms with Crippen molar-refractivity contribution in [3.8, 4) is 0 Å². The van der Waals surface area contributed by atoms with E-state index in [1.54, 1.807) is 24.6 Å². The number of halogens is 1. The maximum atomic E-state index is 5.90. The van der Waals surface area contributed by atoms with Gasteiger partial charge < -0.3 is 10.6 Å². The van der Waals surface area contributed by atoms with Gasteiger partial charge in [0.25, 0.3) is 0 Å². The molecule has 0 aliphatic heterocycles. The zero-order chi connectivity index (χ0) is 14.2. The van der Waals surface area contributed by atoms with E-state index in [1.807, 2.05) is 24.3 Å². The van der Waals surface area contributed by atoms with Gasteiger partial charge in [-0.1, -0.05) is 17.7 Å². The Kier molecular flexibility index (Phi) is 5.83. The molecule has 0 atom stereocenters. The summed E-state index contributed by atoms with van der Waals surface area (Å²) < 4.78 is 0.831. The second-order valence-corrected chi connectivity index (χ2v) is 5.93. The Hall–Kier alpha value is -1.59. The fourth-order valence-corrected chi connectivity index (χ4v) is 2.77. The van der Waals surface area contributed by atoms with Gasteiger partial charge in [-0.05, 0) is 30.7 Å². The van der Waals surface area contributed by atoms with Gasteiger partial charge in [-0.25, -0.2) is 0 Å². The molecule has 0 bridgehead atoms. The number of guanidine groups is 1. The molecule has 6 heteroatoms. The van der Waals surface area contributed by atoms with Crippen molar-refractivity contribution >= 4 is 28.9 Å². The molecule has 0 saturated carbocycles. The molecule has 0 fully saturated rings. The molecule has 0 unspecified atom stereocenters. The first kappa shape index (κ1) is 14.8. The number of hydrogen-bond donors (Lipinski definition) is 2. The fourth-order valence-electron chi connectivity index (χ4n) is 1.69. The summed E-state index contributed by atoms with van der Waals surface area (Å²) in [4.78, 5) is 9.71. The third-order valence-corrected chi connectivity index (χ3v) is 3.97. The number of nitrogens with zero attached hydrogens (tertiary/aromatic N) is 2. The average molecular weight is 309 g/mol. The molecule has 2 aromatic rings. The molecule has 4 nitrogen and oxygen atoms in total. The zero-order valence-electron chi connectivity index (χ0n) is 11.3. The van der Waals surface area contributed by atoms with Crippen molar-refractivity contribution in [1.29, 1.82) is 0 Å². The molecule has 0 radical (unpaired) electrons. The lowest BCUT2D eigenvalue weighted by Gasteiger charge is -2.11. The molecule has 2 heterocycles. The van der Waals surface area contributed by atoms with E-state index in [4.69, 9.17) is 11.6 Å². The van der Waals surface area contributed by atoms with Crippen LogP contribution < -0.4 is 10.6 Å². The standard InChI is InChI=1S/C14H17ClN4S/c1-16-14(19-10-11-4-2-3-8-17-11)18-9-7-12-5-6-13(15)20-12/h2-6,8H,7,9-10H2,1H3,(H2,16,18,19). The number of rotatable bonds is 5. The summed E-state index contributed by atoms with van der Waals surface area (Å²) in [6.45, 7) is 1.48. The van der Waals surface area contributed by atoms with Gasteiger partial charge in [-0.15, -0.1) is 11.3 Å². The largest absolute Gasteiger partial charge is 0.356 e. The third kappa shape index (κ3) is 4.83. The quantitative estimate of drug-likeness (QED) is 0.659. The summed E-state index contributed by atoms with van der Waals surface area (Å²) in [7, 11) is 1.76. The number of aliphatic imine (C=N–C) groups is 1. The first-order chi connectivity index (χ1) is 9.78. The smallest absolute Gasteiger partial charge is 0.191 e. The number of thiophene rings is 1. The van der Waals surface area contributed by atoms with Crippen LogP contribution in [0.1, 0.15) is 10.6 Å². The highest BCUT2D eigenvalue weighted by Crippen LogP contribution is 2.21. The Morgan fingerprint density at radius 1 is 1.30 bits per heavy atom. The Morgan fingerprint density at radius 2 is 2.20 bits per heavy atom. The second-order valence-electron chi connectivity index (χ2n) is 4.13. The van der Waals surface area contributed by atoms with Crippen LogP contribution in [0.4, 0.5) is 0 Å². The highest BCUT2D eigenvalue weighted by Gasteiger charge is 2.01. The van der Waals surface area contributed by atoms with Crippen LogP contribution in [0.2, 0.25) is 4.34 Å². The molecule has 0 spiro atoms. The number of pyridine rings is 1. The summed E-state index contributed by atoms with van der Waals surface area (Å²) in [6, 6.07) is 9.84. The predicted octanol–water partition coefficient (Wildman–Crippen LogP) is 2.70. The lowest BCUT2D eigenvalue weighted by molar-refractivity contribution is 0.787. The van der Waals surface area contributed by atoms with Gasteiger partial charge in [-0.2, -0.15) is 0 Å². The molecule has 0 aliphatic rings. The Morgan fingerprint density at radius 3 is 2.85 bits per heavy atom. The first-order valence-electron chi connectivity index (χ1n) is 6.36. The van der Waals surface area contributed by atoms with Crippen molar-refractivity contribution < 1.29 is 0 Å². The number of hydrogen-bond acceptors (Lipinski definition) is 3. The van der Waals surface area contributed by atoms with E-state index >= 15 is 0 Å². The molecule has 20 heavy (non-hydrogen) atoms. The first-order valence-corrected chi connectivity index (χ1v) is 7.56. The normalized spacial score (nSPS) is 11.4. The van der Waals surface area contributed by atoms with E-state index in [0.717, 1.165) is 29.0 Å². The summed E-state index contributed by atoms with van der Waals surface area (Å²) in [5.41, 5.74) is 0.987. The molecule has 0 aliphatic carbocycles. The molecule has 0 saturated heterocycles. The van der Waals surface area contributed by atoms with Crippen molar-refractivity contribution in [2.45, 2.75) is 13.0 Å². The SMILES string of the molecule is CN=C(NCCc1ccc(Cl)s1)NCc1ccccn1. The average Bonchev–Trinajstić information content (AvgIpc) is 2.89. The summed E-state index contributed by atoms with van der Waals surface area (Å²) >= 11 is 7.51. The van der Waals surface area contributed by atoms with Crippen LogP contribution in [0.25, 0.3) is 0 Å². The van der Waals surface area contributed by atoms with Gasteiger partial charge in [0.15, 0.2) is 5.96 Å². The summed E-state index contributed by atoms with van der Waals surface area (Å²) in [5, 5.41) is 6.50. The number of nitrogens with one attached hydrogen (secondary N) is 2. The molecular formula is C14H17ClN4S. The maximum absolute atomic E-state index is 5.90. The second kappa shape index (κ2) is 7.87. The van der Waals surface area contributed by atoms with Crippen LogP contribution in [-0.4, -0.2) is 24.5 Å². The van der Waals surface area contributed by atoms with Crippen molar-refractivity contribution in [2.75, 3.05) is 13.6 Å². The van der Waals surface area contributed by atoms with Crippen LogP contribution >= 0.6 is 22.9 Å². The summed E-state index contributed by atoms with van der Waals surface area (Å²) in [6.07, 6.45) is 2.72. The zero-order valence-corrected chi connectivity index (χ0v) is 12.8. The Balaban J connectivity index is 1.73. The van der Waals surface area contributed by atoms with Gasteiger partial charge in [-0.3, -0.25) is 9.98 Å². The topological polar surface area (TPSA) is 49.3 Å². The van der Waals surface area contributed by atoms with Gasteiger partial charge in [0.1, 0.15) is 0 Å². The monoisotopic (exact) mass is 308 g/mol. The minimum Gasteiger partial charge on any atom is -0.356 e. The third-order valence-electron chi connectivity index (χ3n) is 2.68. The van der Waals surface area contributed by atoms with E-state index in [0.29, 0.717) is 6.54 Å². The predicted molar refractivity (Wildman–Crippen MR) is 85.5 cm³/mol. The van der Waals surface area contributed by atoms with Gasteiger partial charge >= 0.3 is 0 Å². The molecule has 2 aromatic heterocycles. The maximum Gasteiger partial charge on any atom is 0.191 e. The van der Waals surface area contributed by atoms with Gasteiger partial charge in [0.2, 0.25) is 0 Å². The Labute approximate surface area is 127 Å². The van der Waals surface area contributed by atoms with Gasteiger partial charge in [0, 0.05) is 24.7 Å². The molecule has 0 aromatic carbocycles. The highest BCUT2D eigenvalue weighted by molar-refractivity contribution is 7.16.